The van der Waals surface area contributed by atoms with Crippen LogP contribution in [0.5, 0.6) is 0 Å². The van der Waals surface area contributed by atoms with Crippen molar-refractivity contribution in [3.05, 3.63) is 35.4 Å². The molecule has 1 unspecified atom stereocenters. The quantitative estimate of drug-likeness (QED) is 0.549. The van der Waals surface area contributed by atoms with E-state index >= 15 is 0 Å². The molecule has 0 fully saturated rings. The van der Waals surface area contributed by atoms with Crippen molar-refractivity contribution in [2.45, 2.75) is 13.2 Å². The molecule has 0 aromatic heterocycles. The molecule has 0 bridgehead atoms. The fourth-order valence-electron chi connectivity index (χ4n) is 1.04. The SMILES string of the molecule is CC(N)OC(=O)c1cccc(C(N)=O)c1. The third-order valence-electron chi connectivity index (χ3n) is 1.68. The van der Waals surface area contributed by atoms with Crippen molar-refractivity contribution in [2.75, 3.05) is 0 Å². The summed E-state index contributed by atoms with van der Waals surface area (Å²) in [5, 5.41) is 0. The Morgan fingerprint density at radius 2 is 1.93 bits per heavy atom. The molecule has 1 aromatic rings. The van der Waals surface area contributed by atoms with Gasteiger partial charge in [-0.05, 0) is 25.1 Å². The molecule has 0 saturated carbocycles. The summed E-state index contributed by atoms with van der Waals surface area (Å²) < 4.78 is 4.76. The van der Waals surface area contributed by atoms with E-state index in [0.717, 1.165) is 0 Å². The van der Waals surface area contributed by atoms with Crippen molar-refractivity contribution in [1.29, 1.82) is 0 Å². The predicted molar refractivity (Wildman–Crippen MR) is 54.0 cm³/mol. The average Bonchev–Trinajstić information content (AvgIpc) is 2.17. The van der Waals surface area contributed by atoms with Crippen LogP contribution in [0.25, 0.3) is 0 Å². The van der Waals surface area contributed by atoms with Gasteiger partial charge < -0.3 is 10.5 Å². The predicted octanol–water partition coefficient (Wildman–Crippen LogP) is 0.247. The lowest BCUT2D eigenvalue weighted by Gasteiger charge is -2.07. The van der Waals surface area contributed by atoms with Crippen LogP contribution in [-0.2, 0) is 4.74 Å². The molecule has 0 radical (unpaired) electrons. The zero-order chi connectivity index (χ0) is 11.4. The first kappa shape index (κ1) is 11.2. The standard InChI is InChI=1S/C10H12N2O3/c1-6(11)15-10(14)8-4-2-3-7(5-8)9(12)13/h2-6H,11H2,1H3,(H2,12,13). The fraction of sp³-hybridized carbons (Fsp3) is 0.200. The molecule has 0 heterocycles. The molecule has 5 nitrogen and oxygen atoms in total. The van der Waals surface area contributed by atoms with E-state index in [2.05, 4.69) is 0 Å². The maximum Gasteiger partial charge on any atom is 0.339 e. The van der Waals surface area contributed by atoms with Gasteiger partial charge in [-0.2, -0.15) is 0 Å². The van der Waals surface area contributed by atoms with Gasteiger partial charge in [0.05, 0.1) is 5.56 Å². The Labute approximate surface area is 87.0 Å². The van der Waals surface area contributed by atoms with Gasteiger partial charge in [0.25, 0.3) is 0 Å². The molecule has 1 aromatic carbocycles. The Morgan fingerprint density at radius 1 is 1.33 bits per heavy atom. The summed E-state index contributed by atoms with van der Waals surface area (Å²) in [6.07, 6.45) is -0.685. The molecule has 0 spiro atoms. The number of rotatable bonds is 3. The van der Waals surface area contributed by atoms with E-state index in [4.69, 9.17) is 16.2 Å². The summed E-state index contributed by atoms with van der Waals surface area (Å²) in [5.74, 6) is -1.17. The van der Waals surface area contributed by atoms with Gasteiger partial charge in [0, 0.05) is 5.56 Å². The van der Waals surface area contributed by atoms with Crippen LogP contribution in [0.15, 0.2) is 24.3 Å². The van der Waals surface area contributed by atoms with Crippen molar-refractivity contribution in [3.63, 3.8) is 0 Å². The number of hydrogen-bond donors (Lipinski definition) is 2. The lowest BCUT2D eigenvalue weighted by atomic mass is 10.1. The third kappa shape index (κ3) is 3.07. The summed E-state index contributed by atoms with van der Waals surface area (Å²) in [4.78, 5) is 22.2. The van der Waals surface area contributed by atoms with Gasteiger partial charge in [-0.3, -0.25) is 10.5 Å². The van der Waals surface area contributed by atoms with E-state index < -0.39 is 18.1 Å². The highest BCUT2D eigenvalue weighted by Crippen LogP contribution is 2.06. The second kappa shape index (κ2) is 4.56. The number of nitrogens with two attached hydrogens (primary N) is 2. The number of esters is 1. The highest BCUT2D eigenvalue weighted by atomic mass is 16.6. The van der Waals surface area contributed by atoms with Crippen LogP contribution in [0.1, 0.15) is 27.6 Å². The molecule has 15 heavy (non-hydrogen) atoms. The van der Waals surface area contributed by atoms with Crippen molar-refractivity contribution >= 4 is 11.9 Å². The van der Waals surface area contributed by atoms with Crippen LogP contribution in [0, 0.1) is 0 Å². The minimum absolute atomic E-state index is 0.253. The lowest BCUT2D eigenvalue weighted by Crippen LogP contribution is -2.23. The van der Waals surface area contributed by atoms with Crippen LogP contribution in [0.2, 0.25) is 0 Å². The van der Waals surface area contributed by atoms with E-state index in [1.807, 2.05) is 0 Å². The maximum absolute atomic E-state index is 11.4. The smallest absolute Gasteiger partial charge is 0.339 e. The van der Waals surface area contributed by atoms with E-state index in [1.54, 1.807) is 6.07 Å². The van der Waals surface area contributed by atoms with Crippen LogP contribution >= 0.6 is 0 Å². The molecule has 4 N–H and O–H groups in total. The lowest BCUT2D eigenvalue weighted by molar-refractivity contribution is 0.0355. The topological polar surface area (TPSA) is 95.4 Å². The number of carbonyl (C=O) groups excluding carboxylic acids is 2. The zero-order valence-corrected chi connectivity index (χ0v) is 8.27. The summed E-state index contributed by atoms with van der Waals surface area (Å²) in [6, 6.07) is 5.97. The number of primary amides is 1. The minimum atomic E-state index is -0.685. The maximum atomic E-state index is 11.4. The van der Waals surface area contributed by atoms with Gasteiger partial charge in [-0.25, -0.2) is 4.79 Å². The van der Waals surface area contributed by atoms with Crippen LogP contribution in [-0.4, -0.2) is 18.1 Å². The van der Waals surface area contributed by atoms with Crippen molar-refractivity contribution in [1.82, 2.24) is 0 Å². The Morgan fingerprint density at radius 3 is 2.47 bits per heavy atom. The molecular formula is C10H12N2O3. The molecule has 5 heteroatoms. The first-order valence-electron chi connectivity index (χ1n) is 4.37. The molecule has 1 rings (SSSR count). The molecule has 0 aliphatic heterocycles. The summed E-state index contributed by atoms with van der Waals surface area (Å²) in [5.41, 5.74) is 10.9. The second-order valence-corrected chi connectivity index (χ2v) is 3.06. The van der Waals surface area contributed by atoms with Crippen LogP contribution in [0.4, 0.5) is 0 Å². The van der Waals surface area contributed by atoms with Crippen molar-refractivity contribution < 1.29 is 14.3 Å². The Kier molecular flexibility index (Phi) is 3.41. The Bertz CT molecular complexity index is 388. The normalized spacial score (nSPS) is 11.9. The Balaban J connectivity index is 2.90. The molecular weight excluding hydrogens is 196 g/mol. The largest absolute Gasteiger partial charge is 0.444 e. The first-order chi connectivity index (χ1) is 7.00. The van der Waals surface area contributed by atoms with Gasteiger partial charge in [-0.1, -0.05) is 6.07 Å². The van der Waals surface area contributed by atoms with Crippen molar-refractivity contribution in [3.8, 4) is 0 Å². The van der Waals surface area contributed by atoms with Gasteiger partial charge >= 0.3 is 5.97 Å². The van der Waals surface area contributed by atoms with E-state index in [0.29, 0.717) is 0 Å². The van der Waals surface area contributed by atoms with E-state index in [-0.39, 0.29) is 11.1 Å². The average molecular weight is 208 g/mol. The highest BCUT2D eigenvalue weighted by Gasteiger charge is 2.10. The summed E-state index contributed by atoms with van der Waals surface area (Å²) >= 11 is 0. The number of hydrogen-bond acceptors (Lipinski definition) is 4. The van der Waals surface area contributed by atoms with Gasteiger partial charge in [-0.15, -0.1) is 0 Å². The third-order valence-corrected chi connectivity index (χ3v) is 1.68. The molecule has 0 aliphatic carbocycles. The van der Waals surface area contributed by atoms with Crippen LogP contribution < -0.4 is 11.5 Å². The number of amides is 1. The first-order valence-corrected chi connectivity index (χ1v) is 4.37. The second-order valence-electron chi connectivity index (χ2n) is 3.06. The summed E-state index contributed by atoms with van der Waals surface area (Å²) in [7, 11) is 0. The van der Waals surface area contributed by atoms with Crippen molar-refractivity contribution in [2.24, 2.45) is 11.5 Å². The highest BCUT2D eigenvalue weighted by molar-refractivity contribution is 5.97. The number of ether oxygens (including phenoxy) is 1. The van der Waals surface area contributed by atoms with Crippen LogP contribution in [0.3, 0.4) is 0 Å². The molecule has 80 valence electrons. The molecule has 1 amide bonds. The van der Waals surface area contributed by atoms with E-state index in [1.165, 1.54) is 25.1 Å². The summed E-state index contributed by atoms with van der Waals surface area (Å²) in [6.45, 7) is 1.54. The van der Waals surface area contributed by atoms with E-state index in [9.17, 15) is 9.59 Å². The number of carbonyl (C=O) groups is 2. The minimum Gasteiger partial charge on any atom is -0.444 e. The number of benzene rings is 1. The molecule has 0 saturated heterocycles. The van der Waals surface area contributed by atoms with Gasteiger partial charge in [0.1, 0.15) is 6.23 Å². The zero-order valence-electron chi connectivity index (χ0n) is 8.27. The molecule has 0 aliphatic rings. The Hall–Kier alpha value is -1.88. The fourth-order valence-corrected chi connectivity index (χ4v) is 1.04. The monoisotopic (exact) mass is 208 g/mol. The van der Waals surface area contributed by atoms with Gasteiger partial charge in [0.15, 0.2) is 0 Å². The van der Waals surface area contributed by atoms with Gasteiger partial charge in [0.2, 0.25) is 5.91 Å². The molecule has 1 atom stereocenters.